The lowest BCUT2D eigenvalue weighted by Gasteiger charge is -2.06. The van der Waals surface area contributed by atoms with Crippen LogP contribution in [-0.2, 0) is 0 Å². The van der Waals surface area contributed by atoms with Gasteiger partial charge in [0.05, 0.1) is 5.84 Å². The normalized spacial score (nSPS) is 28.7. The van der Waals surface area contributed by atoms with Gasteiger partial charge in [0.1, 0.15) is 0 Å². The first kappa shape index (κ1) is 10.0. The van der Waals surface area contributed by atoms with E-state index in [1.807, 2.05) is 0 Å². The van der Waals surface area contributed by atoms with Crippen molar-refractivity contribution < 1.29 is 0 Å². The summed E-state index contributed by atoms with van der Waals surface area (Å²) in [7, 11) is 0. The molecule has 14 heavy (non-hydrogen) atoms. The van der Waals surface area contributed by atoms with Gasteiger partial charge in [-0.1, -0.05) is 27.7 Å². The van der Waals surface area contributed by atoms with Crippen molar-refractivity contribution in [1.29, 1.82) is 0 Å². The second-order valence-electron chi connectivity index (χ2n) is 5.81. The Bertz CT molecular complexity index is 249. The molecule has 2 heteroatoms. The fourth-order valence-electron chi connectivity index (χ4n) is 2.75. The van der Waals surface area contributed by atoms with Crippen molar-refractivity contribution in [1.82, 2.24) is 5.32 Å². The number of amidine groups is 1. The Morgan fingerprint density at radius 3 is 2.36 bits per heavy atom. The molecule has 0 spiro atoms. The summed E-state index contributed by atoms with van der Waals surface area (Å²) in [6.45, 7) is 11.6. The highest BCUT2D eigenvalue weighted by molar-refractivity contribution is 5.83. The van der Waals surface area contributed by atoms with Crippen molar-refractivity contribution in [3.8, 4) is 0 Å². The quantitative estimate of drug-likeness (QED) is 0.717. The molecule has 1 fully saturated rings. The smallest absolute Gasteiger partial charge is 0.0963 e. The summed E-state index contributed by atoms with van der Waals surface area (Å²) in [5, 5.41) is 3.50. The molecular weight excluding hydrogens is 172 g/mol. The van der Waals surface area contributed by atoms with Gasteiger partial charge in [-0.15, -0.1) is 0 Å². The summed E-state index contributed by atoms with van der Waals surface area (Å²) in [5.41, 5.74) is 0.998. The lowest BCUT2D eigenvalue weighted by atomic mass is 10.0. The van der Waals surface area contributed by atoms with Gasteiger partial charge in [0, 0.05) is 19.5 Å². The average Bonchev–Trinajstić information content (AvgIpc) is 2.54. The zero-order valence-electron chi connectivity index (χ0n) is 9.85. The molecule has 80 valence electrons. The molecule has 1 N–H and O–H groups in total. The Hall–Kier alpha value is -0.530. The molecule has 1 aliphatic carbocycles. The molecule has 1 saturated carbocycles. The topological polar surface area (TPSA) is 24.4 Å². The molecule has 0 amide bonds. The molecule has 0 atom stereocenters. The molecule has 0 aromatic heterocycles. The lowest BCUT2D eigenvalue weighted by Crippen LogP contribution is -2.25. The van der Waals surface area contributed by atoms with Gasteiger partial charge in [-0.25, -0.2) is 0 Å². The fourth-order valence-corrected chi connectivity index (χ4v) is 2.75. The van der Waals surface area contributed by atoms with Crippen LogP contribution >= 0.6 is 0 Å². The first-order valence-corrected chi connectivity index (χ1v) is 5.73. The minimum atomic E-state index is 0.499. The Kier molecular flexibility index (Phi) is 2.13. The summed E-state index contributed by atoms with van der Waals surface area (Å²) in [5.74, 6) is 2.04. The predicted octanol–water partition coefficient (Wildman–Crippen LogP) is 2.45. The van der Waals surface area contributed by atoms with Crippen LogP contribution in [0.4, 0.5) is 0 Å². The molecule has 2 aliphatic rings. The Labute approximate surface area is 87.2 Å². The molecule has 0 bridgehead atoms. The maximum absolute atomic E-state index is 4.44. The van der Waals surface area contributed by atoms with Crippen molar-refractivity contribution in [3.63, 3.8) is 0 Å². The molecule has 1 aliphatic heterocycles. The van der Waals surface area contributed by atoms with E-state index in [9.17, 15) is 0 Å². The van der Waals surface area contributed by atoms with E-state index in [-0.39, 0.29) is 0 Å². The van der Waals surface area contributed by atoms with E-state index in [1.54, 1.807) is 0 Å². The Morgan fingerprint density at radius 2 is 1.93 bits per heavy atom. The highest BCUT2D eigenvalue weighted by Gasteiger charge is 2.64. The molecular formula is C12H22N2. The maximum Gasteiger partial charge on any atom is 0.0963 e. The van der Waals surface area contributed by atoms with E-state index >= 15 is 0 Å². The maximum atomic E-state index is 4.44. The molecule has 0 aromatic carbocycles. The van der Waals surface area contributed by atoms with Crippen LogP contribution in [0.1, 0.15) is 40.5 Å². The minimum absolute atomic E-state index is 0.499. The van der Waals surface area contributed by atoms with Crippen LogP contribution in [0.5, 0.6) is 0 Å². The summed E-state index contributed by atoms with van der Waals surface area (Å²) in [6.07, 6.45) is 2.40. The van der Waals surface area contributed by atoms with Crippen molar-refractivity contribution in [3.05, 3.63) is 0 Å². The van der Waals surface area contributed by atoms with E-state index in [1.165, 1.54) is 12.3 Å². The van der Waals surface area contributed by atoms with Crippen molar-refractivity contribution >= 4 is 5.84 Å². The zero-order valence-corrected chi connectivity index (χ0v) is 9.85. The molecule has 2 rings (SSSR count). The van der Waals surface area contributed by atoms with Gasteiger partial charge in [0.15, 0.2) is 0 Å². The van der Waals surface area contributed by atoms with Crippen LogP contribution in [0.2, 0.25) is 0 Å². The van der Waals surface area contributed by atoms with Gasteiger partial charge in [-0.05, 0) is 23.2 Å². The van der Waals surface area contributed by atoms with Gasteiger partial charge in [0.25, 0.3) is 0 Å². The highest BCUT2D eigenvalue weighted by Crippen LogP contribution is 2.67. The Balaban J connectivity index is 1.83. The molecule has 0 unspecified atom stereocenters. The van der Waals surface area contributed by atoms with Gasteiger partial charge in [-0.2, -0.15) is 0 Å². The molecule has 2 nitrogen and oxygen atoms in total. The third-order valence-corrected chi connectivity index (χ3v) is 4.70. The molecule has 0 saturated heterocycles. The van der Waals surface area contributed by atoms with Crippen molar-refractivity contribution in [2.45, 2.75) is 40.5 Å². The van der Waals surface area contributed by atoms with Crippen LogP contribution in [0.15, 0.2) is 4.99 Å². The van der Waals surface area contributed by atoms with Gasteiger partial charge in [0.2, 0.25) is 0 Å². The summed E-state index contributed by atoms with van der Waals surface area (Å²) >= 11 is 0. The number of rotatable bonds is 2. The van der Waals surface area contributed by atoms with Crippen LogP contribution < -0.4 is 5.32 Å². The summed E-state index contributed by atoms with van der Waals surface area (Å²) in [6, 6.07) is 0. The van der Waals surface area contributed by atoms with E-state index in [0.717, 1.165) is 25.4 Å². The van der Waals surface area contributed by atoms with Crippen molar-refractivity contribution in [2.24, 2.45) is 21.7 Å². The number of nitrogens with zero attached hydrogens (tertiary/aromatic N) is 1. The van der Waals surface area contributed by atoms with Crippen LogP contribution in [0, 0.1) is 16.7 Å². The first-order valence-electron chi connectivity index (χ1n) is 5.73. The van der Waals surface area contributed by atoms with E-state index in [4.69, 9.17) is 0 Å². The fraction of sp³-hybridized carbons (Fsp3) is 0.917. The lowest BCUT2D eigenvalue weighted by molar-refractivity contribution is 0.457. The first-order chi connectivity index (χ1) is 6.46. The second kappa shape index (κ2) is 2.98. The van der Waals surface area contributed by atoms with E-state index < -0.39 is 0 Å². The number of nitrogens with one attached hydrogen (secondary N) is 1. The largest absolute Gasteiger partial charge is 0.374 e. The van der Waals surface area contributed by atoms with Gasteiger partial charge < -0.3 is 5.32 Å². The standard InChI is InChI=1S/C12H22N2/c1-11(2)9(12(11,3)4)8-14-10-6-5-7-13-10/h9H,5-8H2,1-4H3,(H,13,14). The third-order valence-electron chi connectivity index (χ3n) is 4.70. The summed E-state index contributed by atoms with van der Waals surface area (Å²) in [4.78, 5) is 4.44. The van der Waals surface area contributed by atoms with Crippen molar-refractivity contribution in [2.75, 3.05) is 13.1 Å². The number of hydrogen-bond acceptors (Lipinski definition) is 2. The Morgan fingerprint density at radius 1 is 1.29 bits per heavy atom. The monoisotopic (exact) mass is 194 g/mol. The van der Waals surface area contributed by atoms with Crippen LogP contribution in [-0.4, -0.2) is 18.9 Å². The molecule has 0 radical (unpaired) electrons. The van der Waals surface area contributed by atoms with E-state index in [0.29, 0.717) is 10.8 Å². The van der Waals surface area contributed by atoms with Gasteiger partial charge >= 0.3 is 0 Å². The SMILES string of the molecule is CC1(C)C(CNC2=NCCC2)C1(C)C. The summed E-state index contributed by atoms with van der Waals surface area (Å²) < 4.78 is 0. The second-order valence-corrected chi connectivity index (χ2v) is 5.81. The third kappa shape index (κ3) is 1.35. The predicted molar refractivity (Wildman–Crippen MR) is 60.6 cm³/mol. The highest BCUT2D eigenvalue weighted by atomic mass is 15.0. The minimum Gasteiger partial charge on any atom is -0.374 e. The molecule has 0 aromatic rings. The molecule has 1 heterocycles. The van der Waals surface area contributed by atoms with Crippen LogP contribution in [0.25, 0.3) is 0 Å². The number of aliphatic imine (C=N–C) groups is 1. The average molecular weight is 194 g/mol. The number of hydrogen-bond donors (Lipinski definition) is 1. The zero-order chi connectivity index (χ0) is 10.4. The van der Waals surface area contributed by atoms with Crippen LogP contribution in [0.3, 0.4) is 0 Å². The van der Waals surface area contributed by atoms with Gasteiger partial charge in [-0.3, -0.25) is 4.99 Å². The van der Waals surface area contributed by atoms with E-state index in [2.05, 4.69) is 38.0 Å².